The van der Waals surface area contributed by atoms with Crippen molar-refractivity contribution in [3.63, 3.8) is 0 Å². The molecule has 0 heterocycles. The van der Waals surface area contributed by atoms with Crippen LogP contribution in [0.25, 0.3) is 0 Å². The molecule has 2 nitrogen and oxygen atoms in total. The van der Waals surface area contributed by atoms with E-state index in [-0.39, 0.29) is 12.6 Å². The average Bonchev–Trinajstić information content (AvgIpc) is 2.44. The van der Waals surface area contributed by atoms with Gasteiger partial charge >= 0.3 is 6.18 Å². The Kier molecular flexibility index (Phi) is 4.19. The summed E-state index contributed by atoms with van der Waals surface area (Å²) in [4.78, 5) is 0. The first-order chi connectivity index (χ1) is 6.47. The zero-order valence-corrected chi connectivity index (χ0v) is 7.98. The van der Waals surface area contributed by atoms with Gasteiger partial charge in [0.05, 0.1) is 12.5 Å². The standard InChI is InChI=1S/C9H16F3NO/c10-9(11,12)3-4-13-6-7-1-2-8(14)5-7/h7-8,13-14H,1-6H2. The van der Waals surface area contributed by atoms with E-state index in [4.69, 9.17) is 0 Å². The molecular weight excluding hydrogens is 195 g/mol. The number of nitrogens with one attached hydrogen (secondary N) is 1. The minimum Gasteiger partial charge on any atom is -0.393 e. The quantitative estimate of drug-likeness (QED) is 0.693. The van der Waals surface area contributed by atoms with Gasteiger partial charge in [-0.25, -0.2) is 0 Å². The molecule has 1 fully saturated rings. The van der Waals surface area contributed by atoms with Crippen molar-refractivity contribution in [2.75, 3.05) is 13.1 Å². The summed E-state index contributed by atoms with van der Waals surface area (Å²) in [6, 6.07) is 0. The molecule has 0 aromatic carbocycles. The van der Waals surface area contributed by atoms with Crippen molar-refractivity contribution in [2.24, 2.45) is 5.92 Å². The predicted octanol–water partition coefficient (Wildman–Crippen LogP) is 1.69. The molecule has 2 atom stereocenters. The average molecular weight is 211 g/mol. The number of hydrogen-bond donors (Lipinski definition) is 2. The molecule has 2 N–H and O–H groups in total. The van der Waals surface area contributed by atoms with Crippen LogP contribution in [0, 0.1) is 5.92 Å². The Balaban J connectivity index is 1.99. The summed E-state index contributed by atoms with van der Waals surface area (Å²) in [5.74, 6) is 0.346. The molecule has 1 aliphatic carbocycles. The van der Waals surface area contributed by atoms with Crippen LogP contribution >= 0.6 is 0 Å². The first kappa shape index (κ1) is 11.8. The van der Waals surface area contributed by atoms with Gasteiger partial charge in [-0.05, 0) is 31.7 Å². The maximum Gasteiger partial charge on any atom is 0.390 e. The Morgan fingerprint density at radius 3 is 2.50 bits per heavy atom. The topological polar surface area (TPSA) is 32.3 Å². The Morgan fingerprint density at radius 1 is 1.29 bits per heavy atom. The summed E-state index contributed by atoms with van der Waals surface area (Å²) in [6.45, 7) is 0.573. The Hall–Kier alpha value is -0.290. The van der Waals surface area contributed by atoms with Crippen LogP contribution in [-0.2, 0) is 0 Å². The number of alkyl halides is 3. The van der Waals surface area contributed by atoms with E-state index in [1.165, 1.54) is 0 Å². The van der Waals surface area contributed by atoms with Crippen molar-refractivity contribution < 1.29 is 18.3 Å². The Labute approximate surface area is 81.5 Å². The smallest absolute Gasteiger partial charge is 0.390 e. The molecule has 0 spiro atoms. The molecule has 0 aromatic heterocycles. The minimum atomic E-state index is -4.07. The highest BCUT2D eigenvalue weighted by Crippen LogP contribution is 2.24. The van der Waals surface area contributed by atoms with Gasteiger partial charge in [0.25, 0.3) is 0 Å². The number of hydrogen-bond acceptors (Lipinski definition) is 2. The third-order valence-corrected chi connectivity index (χ3v) is 2.53. The molecule has 1 saturated carbocycles. The lowest BCUT2D eigenvalue weighted by molar-refractivity contribution is -0.133. The van der Waals surface area contributed by atoms with Crippen LogP contribution in [0.1, 0.15) is 25.7 Å². The summed E-state index contributed by atoms with van der Waals surface area (Å²) in [6.07, 6.45) is -2.67. The number of aliphatic hydroxyl groups excluding tert-OH is 1. The van der Waals surface area contributed by atoms with Gasteiger partial charge in [-0.2, -0.15) is 13.2 Å². The van der Waals surface area contributed by atoms with Gasteiger partial charge in [0.15, 0.2) is 0 Å². The van der Waals surface area contributed by atoms with E-state index >= 15 is 0 Å². The van der Waals surface area contributed by atoms with Crippen LogP contribution in [0.5, 0.6) is 0 Å². The first-order valence-electron chi connectivity index (χ1n) is 4.93. The molecule has 14 heavy (non-hydrogen) atoms. The molecular formula is C9H16F3NO. The highest BCUT2D eigenvalue weighted by Gasteiger charge is 2.27. The molecule has 84 valence electrons. The van der Waals surface area contributed by atoms with Crippen LogP contribution in [0.4, 0.5) is 13.2 Å². The zero-order chi connectivity index (χ0) is 10.6. The van der Waals surface area contributed by atoms with Crippen molar-refractivity contribution in [2.45, 2.75) is 38.0 Å². The van der Waals surface area contributed by atoms with Crippen LogP contribution in [0.3, 0.4) is 0 Å². The van der Waals surface area contributed by atoms with Crippen LogP contribution in [-0.4, -0.2) is 30.5 Å². The van der Waals surface area contributed by atoms with Crippen molar-refractivity contribution in [1.82, 2.24) is 5.32 Å². The lowest BCUT2D eigenvalue weighted by atomic mass is 10.1. The summed E-state index contributed by atoms with van der Waals surface area (Å²) in [5, 5.41) is 12.0. The molecule has 0 aromatic rings. The first-order valence-corrected chi connectivity index (χ1v) is 4.93. The predicted molar refractivity (Wildman–Crippen MR) is 46.9 cm³/mol. The van der Waals surface area contributed by atoms with E-state index in [9.17, 15) is 18.3 Å². The summed E-state index contributed by atoms with van der Waals surface area (Å²) in [7, 11) is 0. The van der Waals surface area contributed by atoms with Crippen molar-refractivity contribution in [3.05, 3.63) is 0 Å². The monoisotopic (exact) mass is 211 g/mol. The lowest BCUT2D eigenvalue weighted by Crippen LogP contribution is -2.26. The van der Waals surface area contributed by atoms with Gasteiger partial charge in [-0.3, -0.25) is 0 Å². The number of aliphatic hydroxyl groups is 1. The fraction of sp³-hybridized carbons (Fsp3) is 1.00. The van der Waals surface area contributed by atoms with Crippen LogP contribution < -0.4 is 5.32 Å². The highest BCUT2D eigenvalue weighted by molar-refractivity contribution is 4.76. The molecule has 5 heteroatoms. The second-order valence-electron chi connectivity index (χ2n) is 3.90. The highest BCUT2D eigenvalue weighted by atomic mass is 19.4. The van der Waals surface area contributed by atoms with Gasteiger partial charge in [0, 0.05) is 6.54 Å². The van der Waals surface area contributed by atoms with E-state index in [1.54, 1.807) is 0 Å². The molecule has 2 unspecified atom stereocenters. The molecule has 1 rings (SSSR count). The fourth-order valence-corrected chi connectivity index (χ4v) is 1.77. The maximum absolute atomic E-state index is 11.7. The van der Waals surface area contributed by atoms with E-state index in [2.05, 4.69) is 5.32 Å². The Bertz CT molecular complexity index is 172. The van der Waals surface area contributed by atoms with Crippen LogP contribution in [0.15, 0.2) is 0 Å². The normalized spacial score (nSPS) is 28.3. The van der Waals surface area contributed by atoms with Gasteiger partial charge in [0.1, 0.15) is 0 Å². The van der Waals surface area contributed by atoms with Gasteiger partial charge in [-0.1, -0.05) is 0 Å². The van der Waals surface area contributed by atoms with Gasteiger partial charge < -0.3 is 10.4 Å². The molecule has 1 aliphatic rings. The third-order valence-electron chi connectivity index (χ3n) is 2.53. The Morgan fingerprint density at radius 2 is 2.00 bits per heavy atom. The van der Waals surface area contributed by atoms with E-state index in [0.29, 0.717) is 12.5 Å². The third kappa shape index (κ3) is 4.81. The van der Waals surface area contributed by atoms with Crippen molar-refractivity contribution >= 4 is 0 Å². The molecule has 0 amide bonds. The second-order valence-corrected chi connectivity index (χ2v) is 3.90. The summed E-state index contributed by atoms with van der Waals surface area (Å²) in [5.41, 5.74) is 0. The summed E-state index contributed by atoms with van der Waals surface area (Å²) < 4.78 is 35.2. The van der Waals surface area contributed by atoms with Crippen molar-refractivity contribution in [3.8, 4) is 0 Å². The lowest BCUT2D eigenvalue weighted by Gasteiger charge is -2.11. The summed E-state index contributed by atoms with van der Waals surface area (Å²) >= 11 is 0. The van der Waals surface area contributed by atoms with E-state index in [0.717, 1.165) is 19.3 Å². The molecule has 0 bridgehead atoms. The SMILES string of the molecule is OC1CCC(CNCCC(F)(F)F)C1. The van der Waals surface area contributed by atoms with E-state index < -0.39 is 12.6 Å². The molecule has 0 saturated heterocycles. The van der Waals surface area contributed by atoms with Crippen LogP contribution in [0.2, 0.25) is 0 Å². The maximum atomic E-state index is 11.7. The minimum absolute atomic E-state index is 0.0178. The van der Waals surface area contributed by atoms with Gasteiger partial charge in [-0.15, -0.1) is 0 Å². The van der Waals surface area contributed by atoms with Crippen molar-refractivity contribution in [1.29, 1.82) is 0 Å². The number of rotatable bonds is 4. The van der Waals surface area contributed by atoms with Gasteiger partial charge in [0.2, 0.25) is 0 Å². The fourth-order valence-electron chi connectivity index (χ4n) is 1.77. The zero-order valence-electron chi connectivity index (χ0n) is 7.98. The molecule has 0 aliphatic heterocycles. The van der Waals surface area contributed by atoms with E-state index in [1.807, 2.05) is 0 Å². The largest absolute Gasteiger partial charge is 0.393 e. The number of halogens is 3. The molecule has 0 radical (unpaired) electrons. The second kappa shape index (κ2) is 4.98.